The van der Waals surface area contributed by atoms with Gasteiger partial charge in [0.25, 0.3) is 10.0 Å². The van der Waals surface area contributed by atoms with Gasteiger partial charge in [0.2, 0.25) is 0 Å². The molecule has 0 aromatic heterocycles. The van der Waals surface area contributed by atoms with E-state index in [2.05, 4.69) is 10.7 Å². The third-order valence-electron chi connectivity index (χ3n) is 7.67. The molecule has 0 aliphatic heterocycles. The van der Waals surface area contributed by atoms with Crippen molar-refractivity contribution in [3.8, 4) is 11.1 Å². The van der Waals surface area contributed by atoms with Crippen molar-refractivity contribution in [3.63, 3.8) is 0 Å². The van der Waals surface area contributed by atoms with E-state index in [9.17, 15) is 21.4 Å². The number of nitrogens with zero attached hydrogens (tertiary/aromatic N) is 1. The highest BCUT2D eigenvalue weighted by molar-refractivity contribution is 7.95. The number of rotatable bonds is 18. The summed E-state index contributed by atoms with van der Waals surface area (Å²) in [5.41, 5.74) is 1.48. The third-order valence-corrected chi connectivity index (χ3v) is 10.2. The van der Waals surface area contributed by atoms with Crippen LogP contribution < -0.4 is 0 Å². The molecule has 0 spiro atoms. The fraction of sp³-hybridized carbons (Fsp3) is 0.613. The van der Waals surface area contributed by atoms with E-state index in [0.29, 0.717) is 17.6 Å². The molecule has 0 radical (unpaired) electrons. The number of hydrogen-bond donors (Lipinski definition) is 0. The molecule has 0 atom stereocenters. The Kier molecular flexibility index (Phi) is 14.8. The minimum Gasteiger partial charge on any atom is -0.435 e. The highest BCUT2D eigenvalue weighted by Gasteiger charge is 2.25. The number of sulfonamides is 1. The highest BCUT2D eigenvalue weighted by Crippen LogP contribution is 2.36. The number of unbranched alkanes of at least 4 members (excludes halogenated alkanes) is 7. The van der Waals surface area contributed by atoms with Gasteiger partial charge in [-0.25, -0.2) is 17.2 Å². The van der Waals surface area contributed by atoms with Crippen LogP contribution in [0.15, 0.2) is 45.1 Å². The van der Waals surface area contributed by atoms with Crippen molar-refractivity contribution in [2.45, 2.75) is 101 Å². The molecule has 11 heteroatoms. The Morgan fingerprint density at radius 1 is 0.833 bits per heavy atom. The van der Waals surface area contributed by atoms with E-state index in [4.69, 9.17) is 13.7 Å². The van der Waals surface area contributed by atoms with Gasteiger partial charge in [0.1, 0.15) is 4.90 Å². The summed E-state index contributed by atoms with van der Waals surface area (Å²) >= 11 is 0. The van der Waals surface area contributed by atoms with Crippen molar-refractivity contribution in [2.75, 3.05) is 26.9 Å². The Labute approximate surface area is 251 Å². The smallest absolute Gasteiger partial charge is 0.265 e. The van der Waals surface area contributed by atoms with E-state index in [1.807, 2.05) is 12.1 Å². The lowest BCUT2D eigenvalue weighted by atomic mass is 9.82. The van der Waals surface area contributed by atoms with Gasteiger partial charge in [-0.15, -0.1) is 0 Å². The zero-order valence-corrected chi connectivity index (χ0v) is 26.3. The molecule has 1 aliphatic rings. The van der Waals surface area contributed by atoms with E-state index < -0.39 is 37.4 Å². The Balaban J connectivity index is 1.51. The molecule has 42 heavy (non-hydrogen) atoms. The van der Waals surface area contributed by atoms with Crippen molar-refractivity contribution in [1.29, 1.82) is 0 Å². The first-order valence-electron chi connectivity index (χ1n) is 15.0. The van der Waals surface area contributed by atoms with E-state index in [1.54, 1.807) is 12.1 Å². The van der Waals surface area contributed by atoms with Gasteiger partial charge in [-0.3, -0.25) is 3.77 Å². The molecule has 2 aromatic rings. The second kappa shape index (κ2) is 18.0. The van der Waals surface area contributed by atoms with Crippen molar-refractivity contribution in [3.05, 3.63) is 53.6 Å². The fourth-order valence-corrected chi connectivity index (χ4v) is 7.17. The van der Waals surface area contributed by atoms with Crippen LogP contribution in [-0.2, 0) is 38.8 Å². The van der Waals surface area contributed by atoms with Crippen LogP contribution in [-0.4, -0.2) is 41.5 Å². The molecule has 0 heterocycles. The van der Waals surface area contributed by atoms with Gasteiger partial charge in [-0.05, 0) is 72.2 Å². The maximum Gasteiger partial charge on any atom is 0.265 e. The summed E-state index contributed by atoms with van der Waals surface area (Å²) in [6, 6.07) is 9.37. The first-order chi connectivity index (χ1) is 20.3. The predicted octanol–water partition coefficient (Wildman–Crippen LogP) is 8.23. The minimum absolute atomic E-state index is 0.0624. The SMILES string of the molecule is CCCCCCCCCCOC1CCC(c2ccc(-c3ccc(S(=O)(=O)N=[S-](=O)OCCOC)c(F)c3F)cc2)CC1. The zero-order chi connectivity index (χ0) is 30.4. The predicted molar refractivity (Wildman–Crippen MR) is 161 cm³/mol. The molecule has 236 valence electrons. The number of ether oxygens (including phenoxy) is 2. The molecule has 7 nitrogen and oxygen atoms in total. The van der Waals surface area contributed by atoms with Gasteiger partial charge in [-0.1, -0.05) is 76.1 Å². The Bertz CT molecular complexity index is 1290. The topological polar surface area (TPSA) is 91.3 Å². The van der Waals surface area contributed by atoms with Crippen molar-refractivity contribution in [2.24, 2.45) is 3.77 Å². The summed E-state index contributed by atoms with van der Waals surface area (Å²) < 4.78 is 84.9. The van der Waals surface area contributed by atoms with E-state index in [-0.39, 0.29) is 18.8 Å². The van der Waals surface area contributed by atoms with Gasteiger partial charge < -0.3 is 17.9 Å². The van der Waals surface area contributed by atoms with Crippen LogP contribution in [0.4, 0.5) is 8.78 Å². The minimum atomic E-state index is -4.76. The summed E-state index contributed by atoms with van der Waals surface area (Å²) in [6.45, 7) is 2.95. The van der Waals surface area contributed by atoms with Gasteiger partial charge >= 0.3 is 0 Å². The lowest BCUT2D eigenvalue weighted by Crippen LogP contribution is -2.21. The molecule has 0 saturated heterocycles. The van der Waals surface area contributed by atoms with Gasteiger partial charge in [-0.2, -0.15) is 0 Å². The molecule has 0 amide bonds. The molecule has 0 unspecified atom stereocenters. The lowest BCUT2D eigenvalue weighted by Gasteiger charge is -2.29. The van der Waals surface area contributed by atoms with E-state index in [1.165, 1.54) is 58.1 Å². The molecular formula is C31H44F2NO6S2-. The summed E-state index contributed by atoms with van der Waals surface area (Å²) in [5.74, 6) is -2.52. The molecule has 1 aliphatic carbocycles. The first-order valence-corrected chi connectivity index (χ1v) is 17.5. The average molecular weight is 629 g/mol. The van der Waals surface area contributed by atoms with Crippen LogP contribution in [0.1, 0.15) is 95.5 Å². The summed E-state index contributed by atoms with van der Waals surface area (Å²) in [5, 5.41) is 0. The fourth-order valence-electron chi connectivity index (χ4n) is 5.27. The average Bonchev–Trinajstić information content (AvgIpc) is 2.98. The van der Waals surface area contributed by atoms with Crippen LogP contribution in [0.5, 0.6) is 0 Å². The lowest BCUT2D eigenvalue weighted by molar-refractivity contribution is 0.0226. The van der Waals surface area contributed by atoms with E-state index in [0.717, 1.165) is 50.3 Å². The van der Waals surface area contributed by atoms with Crippen LogP contribution in [0.3, 0.4) is 0 Å². The molecule has 1 fully saturated rings. The zero-order valence-electron chi connectivity index (χ0n) is 24.7. The number of hydrogen-bond acceptors (Lipinski definition) is 7. The first kappa shape index (κ1) is 34.6. The maximum atomic E-state index is 15.0. The van der Waals surface area contributed by atoms with Crippen molar-refractivity contribution in [1.82, 2.24) is 0 Å². The quantitative estimate of drug-likeness (QED) is 0.122. The van der Waals surface area contributed by atoms with Gasteiger partial charge in [0, 0.05) is 25.9 Å². The van der Waals surface area contributed by atoms with E-state index >= 15 is 0 Å². The monoisotopic (exact) mass is 628 g/mol. The molecule has 0 bridgehead atoms. The molecule has 1 saturated carbocycles. The van der Waals surface area contributed by atoms with Crippen LogP contribution >= 0.6 is 0 Å². The molecule has 2 aromatic carbocycles. The largest absolute Gasteiger partial charge is 0.435 e. The van der Waals surface area contributed by atoms with Crippen molar-refractivity contribution < 1.29 is 35.1 Å². The molecule has 3 rings (SSSR count). The number of halogens is 2. The summed E-state index contributed by atoms with van der Waals surface area (Å²) in [4.78, 5) is -1.01. The maximum absolute atomic E-state index is 15.0. The Morgan fingerprint density at radius 2 is 1.48 bits per heavy atom. The molecule has 0 N–H and O–H groups in total. The van der Waals surface area contributed by atoms with Crippen LogP contribution in [0.2, 0.25) is 0 Å². The Hall–Kier alpha value is -1.92. The number of benzene rings is 2. The Morgan fingerprint density at radius 3 is 2.12 bits per heavy atom. The third kappa shape index (κ3) is 10.7. The van der Waals surface area contributed by atoms with Gasteiger partial charge in [0.15, 0.2) is 11.6 Å². The normalized spacial score (nSPS) is 18.4. The second-order valence-corrected chi connectivity index (χ2v) is 13.4. The summed E-state index contributed by atoms with van der Waals surface area (Å²) in [6.07, 6.45) is 14.6. The number of methoxy groups -OCH3 is 1. The standard InChI is InChI=1S/C31H44F2NO6S2/c1-3-4-5-6-7-8-9-10-21-39-27-17-15-25(16-18-27)24-11-13-26(14-12-24)28-19-20-29(31(33)30(28)32)42(36,37)34-41(35)40-23-22-38-2/h11-14,19-20,25,27H,3-10,15-18,21-23H2,1-2H3/q-1. The van der Waals surface area contributed by atoms with Crippen LogP contribution in [0, 0.1) is 11.6 Å². The highest BCUT2D eigenvalue weighted by atomic mass is 32.3. The van der Waals surface area contributed by atoms with Crippen molar-refractivity contribution >= 4 is 20.9 Å². The second-order valence-electron chi connectivity index (χ2n) is 10.8. The summed E-state index contributed by atoms with van der Waals surface area (Å²) in [7, 11) is -5.97. The van der Waals surface area contributed by atoms with Gasteiger partial charge in [0.05, 0.1) is 12.7 Å². The molecular weight excluding hydrogens is 584 g/mol. The van der Waals surface area contributed by atoms with Crippen LogP contribution in [0.25, 0.3) is 11.1 Å².